The van der Waals surface area contributed by atoms with E-state index < -0.39 is 12.2 Å². The Labute approximate surface area is 115 Å². The maximum atomic E-state index is 12.0. The second kappa shape index (κ2) is 5.71. The number of hydrogen-bond acceptors (Lipinski definition) is 6. The highest BCUT2D eigenvalue weighted by Gasteiger charge is 2.30. The number of carbonyl (C=O) groups excluding carboxylic acids is 2. The predicted molar refractivity (Wildman–Crippen MR) is 72.8 cm³/mol. The first-order valence-corrected chi connectivity index (χ1v) is 7.16. The Bertz CT molecular complexity index is 507. The molecule has 0 radical (unpaired) electrons. The van der Waals surface area contributed by atoms with Crippen LogP contribution in [0.2, 0.25) is 0 Å². The van der Waals surface area contributed by atoms with Gasteiger partial charge in [-0.1, -0.05) is 0 Å². The first kappa shape index (κ1) is 14.0. The van der Waals surface area contributed by atoms with E-state index in [1.807, 2.05) is 0 Å². The molecule has 1 aliphatic rings. The summed E-state index contributed by atoms with van der Waals surface area (Å²) in [6.45, 7) is 3.59. The average molecular weight is 283 g/mol. The van der Waals surface area contributed by atoms with E-state index >= 15 is 0 Å². The van der Waals surface area contributed by atoms with Crippen LogP contribution in [0.4, 0.5) is 5.00 Å². The molecule has 1 aromatic rings. The smallest absolute Gasteiger partial charge is 0.341 e. The number of carbonyl (C=O) groups is 2. The largest absolute Gasteiger partial charge is 0.462 e. The number of ketones is 1. The van der Waals surface area contributed by atoms with Gasteiger partial charge in [-0.15, -0.1) is 11.3 Å². The summed E-state index contributed by atoms with van der Waals surface area (Å²) in [6.07, 6.45) is 1.18. The minimum absolute atomic E-state index is 0.0652. The van der Waals surface area contributed by atoms with Crippen molar-refractivity contribution in [3.05, 3.63) is 16.0 Å². The topological polar surface area (TPSA) is 75.6 Å². The number of esters is 1. The van der Waals surface area contributed by atoms with Gasteiger partial charge in [-0.25, -0.2) is 4.79 Å². The Morgan fingerprint density at radius 2 is 2.26 bits per heavy atom. The summed E-state index contributed by atoms with van der Waals surface area (Å²) < 4.78 is 5.04. The number of rotatable bonds is 4. The van der Waals surface area contributed by atoms with Crippen LogP contribution in [0.15, 0.2) is 0 Å². The van der Waals surface area contributed by atoms with Crippen LogP contribution in [-0.4, -0.2) is 29.7 Å². The first-order valence-electron chi connectivity index (χ1n) is 6.35. The molecule has 0 aromatic carbocycles. The zero-order valence-corrected chi connectivity index (χ0v) is 11.8. The number of aliphatic hydroxyl groups is 1. The number of nitrogens with one attached hydrogen (secondary N) is 1. The van der Waals surface area contributed by atoms with Crippen LogP contribution in [-0.2, 0) is 11.2 Å². The van der Waals surface area contributed by atoms with Gasteiger partial charge in [0.15, 0.2) is 5.78 Å². The lowest BCUT2D eigenvalue weighted by molar-refractivity contribution is 0.0526. The summed E-state index contributed by atoms with van der Waals surface area (Å²) >= 11 is 1.23. The second-order valence-electron chi connectivity index (χ2n) is 4.43. The number of anilines is 1. The molecule has 2 rings (SSSR count). The summed E-state index contributed by atoms with van der Waals surface area (Å²) in [5.74, 6) is -0.367. The van der Waals surface area contributed by atoms with E-state index in [0.29, 0.717) is 28.3 Å². The third kappa shape index (κ3) is 2.79. The fourth-order valence-electron chi connectivity index (χ4n) is 2.18. The van der Waals surface area contributed by atoms with E-state index in [9.17, 15) is 14.7 Å². The molecular formula is C13H17NO4S. The van der Waals surface area contributed by atoms with Gasteiger partial charge in [0.1, 0.15) is 11.2 Å². The standard InChI is InChI=1S/C13H17NO4S/c1-3-18-13(17)10-8-5-4-6-9(16)11(8)19-12(10)14-7(2)15/h7,14-15H,3-6H2,1-2H3. The summed E-state index contributed by atoms with van der Waals surface area (Å²) in [5.41, 5.74) is 1.18. The third-order valence-electron chi connectivity index (χ3n) is 2.91. The molecule has 0 amide bonds. The van der Waals surface area contributed by atoms with Crippen LogP contribution in [0, 0.1) is 0 Å². The summed E-state index contributed by atoms with van der Waals surface area (Å²) in [6, 6.07) is 0. The van der Waals surface area contributed by atoms with Crippen LogP contribution in [0.25, 0.3) is 0 Å². The molecule has 1 unspecified atom stereocenters. The van der Waals surface area contributed by atoms with Crippen molar-refractivity contribution in [3.8, 4) is 0 Å². The first-order chi connectivity index (χ1) is 9.04. The Kier molecular flexibility index (Phi) is 4.21. The molecule has 104 valence electrons. The molecule has 0 fully saturated rings. The normalized spacial score (nSPS) is 15.8. The monoisotopic (exact) mass is 283 g/mol. The molecule has 19 heavy (non-hydrogen) atoms. The van der Waals surface area contributed by atoms with Gasteiger partial charge in [0.2, 0.25) is 0 Å². The molecular weight excluding hydrogens is 266 g/mol. The van der Waals surface area contributed by atoms with Gasteiger partial charge in [0.25, 0.3) is 0 Å². The van der Waals surface area contributed by atoms with E-state index in [1.165, 1.54) is 11.3 Å². The zero-order chi connectivity index (χ0) is 14.0. The lowest BCUT2D eigenvalue weighted by Crippen LogP contribution is -2.17. The fourth-order valence-corrected chi connectivity index (χ4v) is 3.46. The Balaban J connectivity index is 2.47. The maximum Gasteiger partial charge on any atom is 0.341 e. The van der Waals surface area contributed by atoms with Gasteiger partial charge >= 0.3 is 5.97 Å². The number of hydrogen-bond donors (Lipinski definition) is 2. The highest BCUT2D eigenvalue weighted by molar-refractivity contribution is 7.18. The van der Waals surface area contributed by atoms with Gasteiger partial charge in [-0.2, -0.15) is 0 Å². The van der Waals surface area contributed by atoms with E-state index in [4.69, 9.17) is 4.74 Å². The minimum atomic E-state index is -0.789. The minimum Gasteiger partial charge on any atom is -0.462 e. The zero-order valence-electron chi connectivity index (χ0n) is 11.0. The van der Waals surface area contributed by atoms with E-state index in [0.717, 1.165) is 12.0 Å². The average Bonchev–Trinajstić information content (AvgIpc) is 2.68. The second-order valence-corrected chi connectivity index (χ2v) is 5.45. The maximum absolute atomic E-state index is 12.0. The fraction of sp³-hybridized carbons (Fsp3) is 0.538. The van der Waals surface area contributed by atoms with Gasteiger partial charge in [0, 0.05) is 6.42 Å². The molecule has 0 spiro atoms. The Hall–Kier alpha value is -1.40. The van der Waals surface area contributed by atoms with Crippen molar-refractivity contribution in [1.82, 2.24) is 0 Å². The van der Waals surface area contributed by atoms with Crippen LogP contribution in [0.3, 0.4) is 0 Å². The van der Waals surface area contributed by atoms with Crippen molar-refractivity contribution < 1.29 is 19.4 Å². The van der Waals surface area contributed by atoms with Crippen LogP contribution in [0.5, 0.6) is 0 Å². The molecule has 1 heterocycles. The number of fused-ring (bicyclic) bond motifs is 1. The van der Waals surface area contributed by atoms with Gasteiger partial charge in [0.05, 0.1) is 17.0 Å². The van der Waals surface area contributed by atoms with Crippen molar-refractivity contribution in [1.29, 1.82) is 0 Å². The lowest BCUT2D eigenvalue weighted by Gasteiger charge is -2.12. The predicted octanol–water partition coefficient (Wildman–Crippen LogP) is 2.19. The van der Waals surface area contributed by atoms with Crippen molar-refractivity contribution in [2.75, 3.05) is 11.9 Å². The molecule has 0 bridgehead atoms. The lowest BCUT2D eigenvalue weighted by atomic mass is 9.94. The number of thiophene rings is 1. The van der Waals surface area contributed by atoms with Crippen molar-refractivity contribution in [3.63, 3.8) is 0 Å². The molecule has 6 heteroatoms. The van der Waals surface area contributed by atoms with Crippen LogP contribution in [0.1, 0.15) is 52.3 Å². The molecule has 2 N–H and O–H groups in total. The Morgan fingerprint density at radius 3 is 2.89 bits per heavy atom. The number of ether oxygens (including phenoxy) is 1. The van der Waals surface area contributed by atoms with Crippen molar-refractivity contribution in [2.24, 2.45) is 0 Å². The van der Waals surface area contributed by atoms with E-state index in [1.54, 1.807) is 13.8 Å². The molecule has 0 saturated heterocycles. The van der Waals surface area contributed by atoms with Gasteiger partial charge in [-0.3, -0.25) is 4.79 Å². The molecule has 0 saturated carbocycles. The van der Waals surface area contributed by atoms with Crippen molar-refractivity contribution >= 4 is 28.1 Å². The van der Waals surface area contributed by atoms with Gasteiger partial charge < -0.3 is 15.2 Å². The quantitative estimate of drug-likeness (QED) is 0.654. The molecule has 1 atom stereocenters. The molecule has 0 aliphatic heterocycles. The summed E-state index contributed by atoms with van der Waals surface area (Å²) in [5, 5.41) is 12.8. The highest BCUT2D eigenvalue weighted by Crippen LogP contribution is 2.38. The summed E-state index contributed by atoms with van der Waals surface area (Å²) in [7, 11) is 0. The number of aliphatic hydroxyl groups excluding tert-OH is 1. The van der Waals surface area contributed by atoms with Gasteiger partial charge in [-0.05, 0) is 32.3 Å². The SMILES string of the molecule is CCOC(=O)c1c(NC(C)O)sc2c1CCCC2=O. The van der Waals surface area contributed by atoms with E-state index in [-0.39, 0.29) is 12.4 Å². The van der Waals surface area contributed by atoms with Crippen molar-refractivity contribution in [2.45, 2.75) is 39.3 Å². The summed E-state index contributed by atoms with van der Waals surface area (Å²) in [4.78, 5) is 24.5. The Morgan fingerprint density at radius 1 is 1.53 bits per heavy atom. The van der Waals surface area contributed by atoms with Crippen LogP contribution < -0.4 is 5.32 Å². The molecule has 5 nitrogen and oxygen atoms in total. The molecule has 1 aliphatic carbocycles. The molecule has 1 aromatic heterocycles. The van der Waals surface area contributed by atoms with Crippen LogP contribution >= 0.6 is 11.3 Å². The number of Topliss-reactive ketones (excluding diaryl/α,β-unsaturated/α-hetero) is 1. The highest BCUT2D eigenvalue weighted by atomic mass is 32.1. The van der Waals surface area contributed by atoms with E-state index in [2.05, 4.69) is 5.32 Å². The third-order valence-corrected chi connectivity index (χ3v) is 4.11.